The zero-order chi connectivity index (χ0) is 17.6. The van der Waals surface area contributed by atoms with E-state index in [-0.39, 0.29) is 17.6 Å². The number of likely N-dealkylation sites (tertiary alicyclic amines) is 1. The largest absolute Gasteiger partial charge is 0.326 e. The van der Waals surface area contributed by atoms with E-state index in [1.165, 1.54) is 11.6 Å². The number of halogens is 1. The molecule has 132 valence electrons. The van der Waals surface area contributed by atoms with Gasteiger partial charge < -0.3 is 5.32 Å². The zero-order valence-corrected chi connectivity index (χ0v) is 14.7. The highest BCUT2D eigenvalue weighted by molar-refractivity contribution is 5.92. The third kappa shape index (κ3) is 4.67. The van der Waals surface area contributed by atoms with Crippen LogP contribution in [0.25, 0.3) is 0 Å². The maximum absolute atomic E-state index is 13.8. The second kappa shape index (κ2) is 8.26. The Morgan fingerprint density at radius 2 is 1.96 bits per heavy atom. The van der Waals surface area contributed by atoms with Gasteiger partial charge in [0.05, 0.1) is 5.92 Å². The summed E-state index contributed by atoms with van der Waals surface area (Å²) in [5, 5.41) is 3.02. The third-order valence-corrected chi connectivity index (χ3v) is 4.86. The standard InChI is InChI=1S/C21H25FN2O/c1-2-16-9-11-19(12-10-16)23-21(25)18-7-5-13-24(15-18)14-17-6-3-4-8-20(17)22/h3-4,6,8-12,18H,2,5,7,13-15H2,1H3,(H,23,25). The number of amides is 1. The molecule has 0 aromatic heterocycles. The van der Waals surface area contributed by atoms with Crippen molar-refractivity contribution >= 4 is 11.6 Å². The third-order valence-electron chi connectivity index (χ3n) is 4.86. The van der Waals surface area contributed by atoms with Crippen molar-refractivity contribution in [1.82, 2.24) is 4.90 Å². The first kappa shape index (κ1) is 17.6. The van der Waals surface area contributed by atoms with Gasteiger partial charge in [0.2, 0.25) is 5.91 Å². The lowest BCUT2D eigenvalue weighted by atomic mass is 9.96. The summed E-state index contributed by atoms with van der Waals surface area (Å²) in [4.78, 5) is 14.7. The van der Waals surface area contributed by atoms with E-state index in [1.807, 2.05) is 36.4 Å². The van der Waals surface area contributed by atoms with Crippen molar-refractivity contribution < 1.29 is 9.18 Å². The van der Waals surface area contributed by atoms with Crippen molar-refractivity contribution in [2.24, 2.45) is 5.92 Å². The molecule has 1 atom stereocenters. The predicted molar refractivity (Wildman–Crippen MR) is 98.9 cm³/mol. The number of aryl methyl sites for hydroxylation is 1. The molecule has 0 radical (unpaired) electrons. The van der Waals surface area contributed by atoms with E-state index in [4.69, 9.17) is 0 Å². The highest BCUT2D eigenvalue weighted by Crippen LogP contribution is 2.21. The topological polar surface area (TPSA) is 32.3 Å². The number of hydrogen-bond acceptors (Lipinski definition) is 2. The molecular formula is C21H25FN2O. The van der Waals surface area contributed by atoms with Gasteiger partial charge >= 0.3 is 0 Å². The van der Waals surface area contributed by atoms with Gasteiger partial charge in [0, 0.05) is 24.3 Å². The Morgan fingerprint density at radius 3 is 2.68 bits per heavy atom. The Hall–Kier alpha value is -2.20. The van der Waals surface area contributed by atoms with E-state index in [0.717, 1.165) is 31.5 Å². The zero-order valence-electron chi connectivity index (χ0n) is 14.7. The van der Waals surface area contributed by atoms with Crippen molar-refractivity contribution in [2.75, 3.05) is 18.4 Å². The second-order valence-corrected chi connectivity index (χ2v) is 6.71. The van der Waals surface area contributed by atoms with E-state index >= 15 is 0 Å². The molecule has 0 saturated carbocycles. The molecule has 0 spiro atoms. The van der Waals surface area contributed by atoms with E-state index in [0.29, 0.717) is 18.7 Å². The van der Waals surface area contributed by atoms with Crippen molar-refractivity contribution in [3.05, 3.63) is 65.5 Å². The van der Waals surface area contributed by atoms with Crippen LogP contribution < -0.4 is 5.32 Å². The molecule has 0 aliphatic carbocycles. The summed E-state index contributed by atoms with van der Waals surface area (Å²) in [6.45, 7) is 4.25. The molecule has 2 aromatic carbocycles. The van der Waals surface area contributed by atoms with Gasteiger partial charge in [0.15, 0.2) is 0 Å². The number of hydrogen-bond donors (Lipinski definition) is 1. The molecule has 1 fully saturated rings. The Balaban J connectivity index is 1.58. The van der Waals surface area contributed by atoms with Crippen LogP contribution in [0, 0.1) is 11.7 Å². The van der Waals surface area contributed by atoms with E-state index < -0.39 is 0 Å². The first-order chi connectivity index (χ1) is 12.2. The fourth-order valence-corrected chi connectivity index (χ4v) is 3.35. The maximum Gasteiger partial charge on any atom is 0.228 e. The molecule has 3 nitrogen and oxygen atoms in total. The minimum absolute atomic E-state index is 0.0497. The SMILES string of the molecule is CCc1ccc(NC(=O)C2CCCN(Cc3ccccc3F)C2)cc1. The van der Waals surface area contributed by atoms with Crippen LogP contribution in [0.5, 0.6) is 0 Å². The lowest BCUT2D eigenvalue weighted by Crippen LogP contribution is -2.40. The molecule has 1 aliphatic rings. The van der Waals surface area contributed by atoms with E-state index in [1.54, 1.807) is 6.07 Å². The van der Waals surface area contributed by atoms with Gasteiger partial charge in [0.1, 0.15) is 5.82 Å². The van der Waals surface area contributed by atoms with Crippen LogP contribution in [-0.2, 0) is 17.8 Å². The van der Waals surface area contributed by atoms with Crippen LogP contribution in [0.1, 0.15) is 30.9 Å². The number of piperidine rings is 1. The van der Waals surface area contributed by atoms with Gasteiger partial charge in [-0.25, -0.2) is 4.39 Å². The summed E-state index contributed by atoms with van der Waals surface area (Å²) in [7, 11) is 0. The van der Waals surface area contributed by atoms with Crippen LogP contribution in [0.4, 0.5) is 10.1 Å². The smallest absolute Gasteiger partial charge is 0.228 e. The summed E-state index contributed by atoms with van der Waals surface area (Å²) >= 11 is 0. The summed E-state index contributed by atoms with van der Waals surface area (Å²) in [6, 6.07) is 14.9. The van der Waals surface area contributed by atoms with Crippen molar-refractivity contribution in [3.8, 4) is 0 Å². The number of carbonyl (C=O) groups excluding carboxylic acids is 1. The summed E-state index contributed by atoms with van der Waals surface area (Å²) in [5.41, 5.74) is 2.79. The Morgan fingerprint density at radius 1 is 1.20 bits per heavy atom. The Kier molecular flexibility index (Phi) is 5.82. The Labute approximate surface area is 148 Å². The van der Waals surface area contributed by atoms with Crippen LogP contribution in [0.3, 0.4) is 0 Å². The lowest BCUT2D eigenvalue weighted by molar-refractivity contribution is -0.121. The van der Waals surface area contributed by atoms with Crippen LogP contribution in [0.15, 0.2) is 48.5 Å². The fraction of sp³-hybridized carbons (Fsp3) is 0.381. The summed E-state index contributed by atoms with van der Waals surface area (Å²) in [6.07, 6.45) is 2.83. The molecule has 25 heavy (non-hydrogen) atoms. The quantitative estimate of drug-likeness (QED) is 0.883. The molecule has 1 unspecified atom stereocenters. The van der Waals surface area contributed by atoms with E-state index in [2.05, 4.69) is 17.1 Å². The van der Waals surface area contributed by atoms with Crippen molar-refractivity contribution in [3.63, 3.8) is 0 Å². The fourth-order valence-electron chi connectivity index (χ4n) is 3.35. The molecule has 2 aromatic rings. The molecule has 1 heterocycles. The maximum atomic E-state index is 13.8. The molecule has 1 amide bonds. The summed E-state index contributed by atoms with van der Waals surface area (Å²) < 4.78 is 13.8. The average molecular weight is 340 g/mol. The average Bonchev–Trinajstić information content (AvgIpc) is 2.64. The van der Waals surface area contributed by atoms with E-state index in [9.17, 15) is 9.18 Å². The van der Waals surface area contributed by atoms with Crippen LogP contribution in [-0.4, -0.2) is 23.9 Å². The highest BCUT2D eigenvalue weighted by Gasteiger charge is 2.26. The van der Waals surface area contributed by atoms with Gasteiger partial charge in [-0.1, -0.05) is 37.3 Å². The van der Waals surface area contributed by atoms with Gasteiger partial charge in [-0.05, 0) is 49.6 Å². The number of anilines is 1. The normalized spacial score (nSPS) is 18.1. The molecule has 1 N–H and O–H groups in total. The molecule has 3 rings (SSSR count). The van der Waals surface area contributed by atoms with Crippen molar-refractivity contribution in [2.45, 2.75) is 32.7 Å². The molecular weight excluding hydrogens is 315 g/mol. The minimum atomic E-state index is -0.176. The van der Waals surface area contributed by atoms with Gasteiger partial charge in [-0.15, -0.1) is 0 Å². The minimum Gasteiger partial charge on any atom is -0.326 e. The molecule has 1 saturated heterocycles. The summed E-state index contributed by atoms with van der Waals surface area (Å²) in [5.74, 6) is -0.168. The monoisotopic (exact) mass is 340 g/mol. The molecule has 4 heteroatoms. The number of benzene rings is 2. The van der Waals surface area contributed by atoms with Crippen LogP contribution >= 0.6 is 0 Å². The van der Waals surface area contributed by atoms with Gasteiger partial charge in [-0.2, -0.15) is 0 Å². The second-order valence-electron chi connectivity index (χ2n) is 6.71. The number of rotatable bonds is 5. The lowest BCUT2D eigenvalue weighted by Gasteiger charge is -2.32. The molecule has 1 aliphatic heterocycles. The number of nitrogens with zero attached hydrogens (tertiary/aromatic N) is 1. The number of nitrogens with one attached hydrogen (secondary N) is 1. The van der Waals surface area contributed by atoms with Crippen molar-refractivity contribution in [1.29, 1.82) is 0 Å². The van der Waals surface area contributed by atoms with Gasteiger partial charge in [0.25, 0.3) is 0 Å². The number of carbonyl (C=O) groups is 1. The highest BCUT2D eigenvalue weighted by atomic mass is 19.1. The predicted octanol–water partition coefficient (Wildman–Crippen LogP) is 4.24. The first-order valence-electron chi connectivity index (χ1n) is 9.01. The van der Waals surface area contributed by atoms with Gasteiger partial charge in [-0.3, -0.25) is 9.69 Å². The van der Waals surface area contributed by atoms with Crippen LogP contribution in [0.2, 0.25) is 0 Å². The molecule has 0 bridgehead atoms. The Bertz CT molecular complexity index is 714. The first-order valence-corrected chi connectivity index (χ1v) is 9.01.